The number of pyridine rings is 1. The summed E-state index contributed by atoms with van der Waals surface area (Å²) in [5.74, 6) is -0.216. The minimum absolute atomic E-state index is 0.0530. The summed E-state index contributed by atoms with van der Waals surface area (Å²) in [5, 5.41) is 0. The zero-order chi connectivity index (χ0) is 14.9. The summed E-state index contributed by atoms with van der Waals surface area (Å²) in [5.41, 5.74) is 0.765. The topological polar surface area (TPSA) is 42.3 Å². The number of nitrogens with zero attached hydrogens (tertiary/aromatic N) is 2. The zero-order valence-electron chi connectivity index (χ0n) is 12.3. The fourth-order valence-corrected chi connectivity index (χ4v) is 2.64. The minimum atomic E-state index is -0.253. The molecule has 1 heterocycles. The van der Waals surface area contributed by atoms with Gasteiger partial charge in [-0.2, -0.15) is 0 Å². The van der Waals surface area contributed by atoms with Crippen LogP contribution in [0.1, 0.15) is 43.7 Å². The molecule has 4 nitrogen and oxygen atoms in total. The molecule has 0 spiro atoms. The van der Waals surface area contributed by atoms with Crippen LogP contribution >= 0.6 is 15.9 Å². The molecule has 1 aromatic rings. The van der Waals surface area contributed by atoms with Gasteiger partial charge in [-0.05, 0) is 56.6 Å². The van der Waals surface area contributed by atoms with Crippen molar-refractivity contribution in [3.05, 3.63) is 32.2 Å². The Balaban J connectivity index is 3.39. The first-order chi connectivity index (χ1) is 8.68. The fraction of sp³-hybridized carbons (Fsp3) is 0.571. The number of hydrogen-bond acceptors (Lipinski definition) is 2. The molecular weight excluding hydrogens is 308 g/mol. The average Bonchev–Trinajstić information content (AvgIpc) is 2.30. The van der Waals surface area contributed by atoms with Gasteiger partial charge in [0.15, 0.2) is 0 Å². The quantitative estimate of drug-likeness (QED) is 0.856. The molecule has 0 saturated carbocycles. The van der Waals surface area contributed by atoms with Crippen LogP contribution in [0.3, 0.4) is 0 Å². The molecule has 1 aromatic heterocycles. The van der Waals surface area contributed by atoms with Crippen molar-refractivity contribution in [1.82, 2.24) is 9.47 Å². The first kappa shape index (κ1) is 16.0. The van der Waals surface area contributed by atoms with E-state index < -0.39 is 0 Å². The van der Waals surface area contributed by atoms with Gasteiger partial charge in [0.25, 0.3) is 11.5 Å². The van der Waals surface area contributed by atoms with E-state index in [-0.39, 0.29) is 29.1 Å². The molecule has 1 rings (SSSR count). The summed E-state index contributed by atoms with van der Waals surface area (Å²) in [6.45, 7) is 9.64. The van der Waals surface area contributed by atoms with Crippen molar-refractivity contribution >= 4 is 21.8 Å². The van der Waals surface area contributed by atoms with Crippen LogP contribution in [0.5, 0.6) is 0 Å². The van der Waals surface area contributed by atoms with Gasteiger partial charge in [-0.1, -0.05) is 0 Å². The third kappa shape index (κ3) is 3.08. The Bertz CT molecular complexity index is 539. The van der Waals surface area contributed by atoms with Crippen LogP contribution in [0, 0.1) is 6.92 Å². The molecule has 0 unspecified atom stereocenters. The molecule has 106 valence electrons. The van der Waals surface area contributed by atoms with E-state index in [1.165, 1.54) is 4.57 Å². The molecule has 0 bridgehead atoms. The minimum Gasteiger partial charge on any atom is -0.334 e. The van der Waals surface area contributed by atoms with Crippen LogP contribution in [-0.4, -0.2) is 27.5 Å². The van der Waals surface area contributed by atoms with E-state index in [0.717, 1.165) is 10.2 Å². The van der Waals surface area contributed by atoms with Crippen molar-refractivity contribution < 1.29 is 4.79 Å². The maximum absolute atomic E-state index is 12.6. The van der Waals surface area contributed by atoms with Crippen molar-refractivity contribution in [3.63, 3.8) is 0 Å². The molecule has 1 amide bonds. The van der Waals surface area contributed by atoms with E-state index in [9.17, 15) is 9.59 Å². The van der Waals surface area contributed by atoms with Crippen LogP contribution < -0.4 is 5.56 Å². The fourth-order valence-electron chi connectivity index (χ4n) is 2.14. The Morgan fingerprint density at radius 2 is 1.74 bits per heavy atom. The maximum Gasteiger partial charge on any atom is 0.263 e. The third-order valence-corrected chi connectivity index (χ3v) is 4.04. The molecule has 0 saturated heterocycles. The highest BCUT2D eigenvalue weighted by atomic mass is 79.9. The number of rotatable bonds is 3. The van der Waals surface area contributed by atoms with Crippen LogP contribution in [0.25, 0.3) is 0 Å². The number of amides is 1. The summed E-state index contributed by atoms with van der Waals surface area (Å²) in [6.07, 6.45) is 0. The number of halogens is 1. The Kier molecular flexibility index (Phi) is 4.96. The monoisotopic (exact) mass is 328 g/mol. The van der Waals surface area contributed by atoms with Gasteiger partial charge < -0.3 is 9.47 Å². The van der Waals surface area contributed by atoms with Gasteiger partial charge in [0.1, 0.15) is 5.56 Å². The third-order valence-electron chi connectivity index (χ3n) is 3.23. The second-order valence-corrected chi connectivity index (χ2v) is 6.11. The second kappa shape index (κ2) is 5.90. The largest absolute Gasteiger partial charge is 0.334 e. The molecular formula is C14H21BrN2O2. The Labute approximate surface area is 122 Å². The summed E-state index contributed by atoms with van der Waals surface area (Å²) in [6, 6.07) is 1.73. The summed E-state index contributed by atoms with van der Waals surface area (Å²) in [7, 11) is 1.67. The standard InChI is InChI=1S/C14H21BrN2O2/c1-8(2)17(9(3)4)14(19)11-7-12(15)10(5)16(6)13(11)18/h7-9H,1-6H3. The highest BCUT2D eigenvalue weighted by molar-refractivity contribution is 9.10. The van der Waals surface area contributed by atoms with Gasteiger partial charge in [0.05, 0.1) is 0 Å². The molecule has 0 aliphatic carbocycles. The average molecular weight is 329 g/mol. The van der Waals surface area contributed by atoms with Crippen LogP contribution in [0.15, 0.2) is 15.3 Å². The van der Waals surface area contributed by atoms with Crippen molar-refractivity contribution in [2.45, 2.75) is 46.7 Å². The molecule has 0 aliphatic rings. The van der Waals surface area contributed by atoms with Crippen LogP contribution in [0.4, 0.5) is 0 Å². The van der Waals surface area contributed by atoms with Crippen molar-refractivity contribution in [1.29, 1.82) is 0 Å². The van der Waals surface area contributed by atoms with Gasteiger partial charge in [-0.3, -0.25) is 9.59 Å². The van der Waals surface area contributed by atoms with Crippen LogP contribution in [0.2, 0.25) is 0 Å². The number of aromatic nitrogens is 1. The van der Waals surface area contributed by atoms with Gasteiger partial charge in [-0.15, -0.1) is 0 Å². The Morgan fingerprint density at radius 3 is 2.16 bits per heavy atom. The predicted molar refractivity (Wildman–Crippen MR) is 80.6 cm³/mol. The van der Waals surface area contributed by atoms with E-state index in [1.807, 2.05) is 34.6 Å². The molecule has 0 atom stereocenters. The zero-order valence-corrected chi connectivity index (χ0v) is 13.9. The summed E-state index contributed by atoms with van der Waals surface area (Å²) >= 11 is 3.39. The lowest BCUT2D eigenvalue weighted by Gasteiger charge is -2.30. The van der Waals surface area contributed by atoms with E-state index in [1.54, 1.807) is 18.0 Å². The molecule has 0 N–H and O–H groups in total. The lowest BCUT2D eigenvalue weighted by molar-refractivity contribution is 0.0641. The second-order valence-electron chi connectivity index (χ2n) is 5.26. The van der Waals surface area contributed by atoms with Crippen molar-refractivity contribution in [2.24, 2.45) is 7.05 Å². The normalized spacial score (nSPS) is 11.2. The van der Waals surface area contributed by atoms with Crippen molar-refractivity contribution in [2.75, 3.05) is 0 Å². The number of carbonyl (C=O) groups excluding carboxylic acids is 1. The molecule has 0 aromatic carbocycles. The SMILES string of the molecule is Cc1c(Br)cc(C(=O)N(C(C)C)C(C)C)c(=O)n1C. The number of carbonyl (C=O) groups is 1. The lowest BCUT2D eigenvalue weighted by Crippen LogP contribution is -2.44. The van der Waals surface area contributed by atoms with Crippen molar-refractivity contribution in [3.8, 4) is 0 Å². The smallest absolute Gasteiger partial charge is 0.263 e. The Hall–Kier alpha value is -1.10. The molecule has 5 heteroatoms. The van der Waals surface area contributed by atoms with Gasteiger partial charge in [0.2, 0.25) is 0 Å². The highest BCUT2D eigenvalue weighted by Crippen LogP contribution is 2.17. The lowest BCUT2D eigenvalue weighted by atomic mass is 10.1. The van der Waals surface area contributed by atoms with Gasteiger partial charge in [-0.25, -0.2) is 0 Å². The first-order valence-corrected chi connectivity index (χ1v) is 7.16. The summed E-state index contributed by atoms with van der Waals surface area (Å²) in [4.78, 5) is 26.5. The van der Waals surface area contributed by atoms with E-state index in [4.69, 9.17) is 0 Å². The van der Waals surface area contributed by atoms with E-state index in [0.29, 0.717) is 0 Å². The van der Waals surface area contributed by atoms with E-state index in [2.05, 4.69) is 15.9 Å². The predicted octanol–water partition coefficient (Wildman–Crippen LogP) is 2.72. The van der Waals surface area contributed by atoms with E-state index >= 15 is 0 Å². The Morgan fingerprint density at radius 1 is 1.26 bits per heavy atom. The summed E-state index contributed by atoms with van der Waals surface area (Å²) < 4.78 is 2.27. The molecule has 0 radical (unpaired) electrons. The maximum atomic E-state index is 12.6. The van der Waals surface area contributed by atoms with Gasteiger partial charge >= 0.3 is 0 Å². The molecule has 0 aliphatic heterocycles. The number of hydrogen-bond donors (Lipinski definition) is 0. The molecule has 19 heavy (non-hydrogen) atoms. The van der Waals surface area contributed by atoms with Gasteiger partial charge in [0, 0.05) is 29.3 Å². The first-order valence-electron chi connectivity index (χ1n) is 6.37. The molecule has 0 fully saturated rings. The highest BCUT2D eigenvalue weighted by Gasteiger charge is 2.25. The van der Waals surface area contributed by atoms with Crippen LogP contribution in [-0.2, 0) is 7.05 Å².